The normalized spacial score (nSPS) is 19.6. The monoisotopic (exact) mass is 295 g/mol. The van der Waals surface area contributed by atoms with Crippen LogP contribution in [0.2, 0.25) is 0 Å². The highest BCUT2D eigenvalue weighted by Gasteiger charge is 2.20. The van der Waals surface area contributed by atoms with Gasteiger partial charge in [0.05, 0.1) is 0 Å². The van der Waals surface area contributed by atoms with E-state index in [4.69, 9.17) is 5.73 Å². The highest BCUT2D eigenvalue weighted by atomic mass is 16.2. The van der Waals surface area contributed by atoms with Crippen molar-refractivity contribution in [1.82, 2.24) is 14.5 Å². The standard InChI is InChI=1S/C14H25N5O2/c1-3-7-19-12(15)11(13(20)17-14(19)21)16-9-10-6-4-5-8-18(10)2/h10,16H,3-9,15H2,1-2H3,(H,17,20,21). The first-order chi connectivity index (χ1) is 10.0. The number of likely N-dealkylation sites (N-methyl/N-ethyl adjacent to an activating group) is 1. The van der Waals surface area contributed by atoms with Gasteiger partial charge >= 0.3 is 5.69 Å². The van der Waals surface area contributed by atoms with Gasteiger partial charge in [0.2, 0.25) is 0 Å². The summed E-state index contributed by atoms with van der Waals surface area (Å²) in [5.74, 6) is 0.226. The lowest BCUT2D eigenvalue weighted by Crippen LogP contribution is -2.42. The molecular formula is C14H25N5O2. The molecule has 1 aliphatic rings. The highest BCUT2D eigenvalue weighted by Crippen LogP contribution is 2.17. The molecule has 0 aromatic carbocycles. The molecule has 1 fully saturated rings. The number of piperidine rings is 1. The first kappa shape index (κ1) is 15.6. The minimum atomic E-state index is -0.445. The Kier molecular flexibility index (Phi) is 5.06. The number of likely N-dealkylation sites (tertiary alicyclic amines) is 1. The summed E-state index contributed by atoms with van der Waals surface area (Å²) in [6.07, 6.45) is 4.31. The summed E-state index contributed by atoms with van der Waals surface area (Å²) in [7, 11) is 2.09. The number of nitrogens with one attached hydrogen (secondary N) is 2. The fourth-order valence-electron chi connectivity index (χ4n) is 2.83. The molecule has 1 unspecified atom stereocenters. The van der Waals surface area contributed by atoms with Crippen LogP contribution in [0.25, 0.3) is 0 Å². The van der Waals surface area contributed by atoms with Crippen LogP contribution in [0.4, 0.5) is 11.5 Å². The Morgan fingerprint density at radius 2 is 2.14 bits per heavy atom. The maximum absolute atomic E-state index is 11.9. The lowest BCUT2D eigenvalue weighted by Gasteiger charge is -2.32. The Bertz CT molecular complexity index is 592. The Labute approximate surface area is 124 Å². The van der Waals surface area contributed by atoms with Gasteiger partial charge in [-0.3, -0.25) is 14.3 Å². The Hall–Kier alpha value is -1.76. The summed E-state index contributed by atoms with van der Waals surface area (Å²) in [4.78, 5) is 28.3. The molecule has 21 heavy (non-hydrogen) atoms. The lowest BCUT2D eigenvalue weighted by atomic mass is 10.0. The first-order valence-corrected chi connectivity index (χ1v) is 7.61. The van der Waals surface area contributed by atoms with E-state index in [1.54, 1.807) is 0 Å². The minimum absolute atomic E-state index is 0.226. The molecule has 7 nitrogen and oxygen atoms in total. The first-order valence-electron chi connectivity index (χ1n) is 7.61. The van der Waals surface area contributed by atoms with Crippen LogP contribution in [0.3, 0.4) is 0 Å². The topological polar surface area (TPSA) is 96.2 Å². The molecule has 7 heteroatoms. The molecule has 118 valence electrons. The second-order valence-corrected chi connectivity index (χ2v) is 5.68. The van der Waals surface area contributed by atoms with Gasteiger partial charge in [-0.2, -0.15) is 0 Å². The van der Waals surface area contributed by atoms with Crippen LogP contribution in [0.1, 0.15) is 32.6 Å². The van der Waals surface area contributed by atoms with Crippen molar-refractivity contribution < 1.29 is 0 Å². The van der Waals surface area contributed by atoms with Crippen molar-refractivity contribution >= 4 is 11.5 Å². The van der Waals surface area contributed by atoms with E-state index in [0.29, 0.717) is 24.8 Å². The van der Waals surface area contributed by atoms with Crippen LogP contribution in [-0.2, 0) is 6.54 Å². The second-order valence-electron chi connectivity index (χ2n) is 5.68. The Balaban J connectivity index is 2.17. The zero-order chi connectivity index (χ0) is 15.4. The van der Waals surface area contributed by atoms with Crippen molar-refractivity contribution in [2.24, 2.45) is 0 Å². The summed E-state index contributed by atoms with van der Waals surface area (Å²) >= 11 is 0. The second kappa shape index (κ2) is 6.80. The number of rotatable bonds is 5. The van der Waals surface area contributed by atoms with Gasteiger partial charge in [-0.05, 0) is 32.9 Å². The molecule has 0 radical (unpaired) electrons. The van der Waals surface area contributed by atoms with Crippen molar-refractivity contribution in [1.29, 1.82) is 0 Å². The maximum Gasteiger partial charge on any atom is 0.330 e. The van der Waals surface area contributed by atoms with Crippen LogP contribution in [0.15, 0.2) is 9.59 Å². The van der Waals surface area contributed by atoms with Crippen LogP contribution < -0.4 is 22.3 Å². The molecule has 1 aromatic rings. The smallest absolute Gasteiger partial charge is 0.330 e. The Morgan fingerprint density at radius 3 is 2.81 bits per heavy atom. The van der Waals surface area contributed by atoms with E-state index in [9.17, 15) is 9.59 Å². The van der Waals surface area contributed by atoms with E-state index in [-0.39, 0.29) is 5.82 Å². The quantitative estimate of drug-likeness (QED) is 0.732. The minimum Gasteiger partial charge on any atom is -0.383 e. The third-order valence-electron chi connectivity index (χ3n) is 4.12. The molecule has 0 amide bonds. The molecule has 2 rings (SSSR count). The predicted molar refractivity (Wildman–Crippen MR) is 84.8 cm³/mol. The molecule has 1 atom stereocenters. The average molecular weight is 295 g/mol. The predicted octanol–water partition coefficient (Wildman–Crippen LogP) is 0.425. The average Bonchev–Trinajstić information content (AvgIpc) is 2.45. The number of aromatic nitrogens is 2. The third-order valence-corrected chi connectivity index (χ3v) is 4.12. The molecule has 0 aliphatic carbocycles. The van der Waals surface area contributed by atoms with Crippen LogP contribution in [0, 0.1) is 0 Å². The number of anilines is 2. The lowest BCUT2D eigenvalue weighted by molar-refractivity contribution is 0.194. The molecule has 2 heterocycles. The van der Waals surface area contributed by atoms with Gasteiger partial charge in [0.25, 0.3) is 5.56 Å². The SMILES string of the molecule is CCCn1c(N)c(NCC2CCCCN2C)c(=O)[nH]c1=O. The van der Waals surface area contributed by atoms with E-state index in [1.165, 1.54) is 17.4 Å². The number of nitrogen functional groups attached to an aromatic ring is 1. The van der Waals surface area contributed by atoms with E-state index in [0.717, 1.165) is 19.4 Å². The van der Waals surface area contributed by atoms with Gasteiger partial charge in [-0.25, -0.2) is 4.79 Å². The molecule has 0 spiro atoms. The van der Waals surface area contributed by atoms with Crippen molar-refractivity contribution in [3.05, 3.63) is 20.8 Å². The van der Waals surface area contributed by atoms with E-state index >= 15 is 0 Å². The van der Waals surface area contributed by atoms with E-state index in [2.05, 4.69) is 22.2 Å². The van der Waals surface area contributed by atoms with Gasteiger partial charge in [0.15, 0.2) is 0 Å². The summed E-state index contributed by atoms with van der Waals surface area (Å²) in [5, 5.41) is 3.14. The summed E-state index contributed by atoms with van der Waals surface area (Å²) < 4.78 is 1.41. The molecule has 0 saturated carbocycles. The third kappa shape index (κ3) is 3.47. The van der Waals surface area contributed by atoms with Crippen molar-refractivity contribution in [2.75, 3.05) is 31.2 Å². The van der Waals surface area contributed by atoms with Gasteiger partial charge in [-0.15, -0.1) is 0 Å². The summed E-state index contributed by atoms with van der Waals surface area (Å²) in [5.41, 5.74) is 5.41. The number of aromatic amines is 1. The maximum atomic E-state index is 11.9. The van der Waals surface area contributed by atoms with Crippen molar-refractivity contribution in [3.8, 4) is 0 Å². The molecular weight excluding hydrogens is 270 g/mol. The fraction of sp³-hybridized carbons (Fsp3) is 0.714. The number of H-pyrrole nitrogens is 1. The highest BCUT2D eigenvalue weighted by molar-refractivity contribution is 5.60. The largest absolute Gasteiger partial charge is 0.383 e. The zero-order valence-corrected chi connectivity index (χ0v) is 12.8. The molecule has 0 bridgehead atoms. The molecule has 1 aromatic heterocycles. The van der Waals surface area contributed by atoms with Crippen LogP contribution in [-0.4, -0.2) is 40.6 Å². The number of hydrogen-bond donors (Lipinski definition) is 3. The van der Waals surface area contributed by atoms with Gasteiger partial charge in [-0.1, -0.05) is 13.3 Å². The molecule has 1 saturated heterocycles. The van der Waals surface area contributed by atoms with Crippen molar-refractivity contribution in [2.45, 2.75) is 45.2 Å². The van der Waals surface area contributed by atoms with Gasteiger partial charge < -0.3 is 16.0 Å². The van der Waals surface area contributed by atoms with Gasteiger partial charge in [0.1, 0.15) is 11.5 Å². The van der Waals surface area contributed by atoms with Crippen molar-refractivity contribution in [3.63, 3.8) is 0 Å². The fourth-order valence-corrected chi connectivity index (χ4v) is 2.83. The molecule has 4 N–H and O–H groups in total. The summed E-state index contributed by atoms with van der Waals surface area (Å²) in [6, 6.07) is 0.393. The van der Waals surface area contributed by atoms with E-state index < -0.39 is 11.2 Å². The zero-order valence-electron chi connectivity index (χ0n) is 12.8. The Morgan fingerprint density at radius 1 is 1.38 bits per heavy atom. The van der Waals surface area contributed by atoms with Crippen LogP contribution in [0.5, 0.6) is 0 Å². The number of nitrogens with two attached hydrogens (primary N) is 1. The van der Waals surface area contributed by atoms with E-state index in [1.807, 2.05) is 6.92 Å². The van der Waals surface area contributed by atoms with Gasteiger partial charge in [0, 0.05) is 19.1 Å². The number of hydrogen-bond acceptors (Lipinski definition) is 5. The number of nitrogens with zero attached hydrogens (tertiary/aromatic N) is 2. The molecule has 1 aliphatic heterocycles. The van der Waals surface area contributed by atoms with Crippen LogP contribution >= 0.6 is 0 Å². The summed E-state index contributed by atoms with van der Waals surface area (Å²) in [6.45, 7) is 4.20.